The number of methoxy groups -OCH3 is 3. The second kappa shape index (κ2) is 43.2. The zero-order chi connectivity index (χ0) is 96.0. The SMILES string of the molecule is C1=CC2CC1C1OC21.CC(C)(C)OC(=O)C1C2C=CC(C2)C1C(=O)OC(C)(C)C.CC(C)(C)OC1C2C=CC(C2)C1OC(C)(C)C.CC(C)(C)OC1CC2C=CC1C2.CCOC(C)OC1C2C=CC(C2)C1OC(C)OCC.CCOC(C)OC1CC2C=CC1C2.COC1C2C=CC(C2)C1OC.COC1CC2C=CC1C2.O=C1OC2C(O)C3CC1C2C3.O=S1(=O)OC2C(O)C3CC2C1C3. The van der Waals surface area contributed by atoms with Crippen LogP contribution in [0.2, 0.25) is 0 Å². The van der Waals surface area contributed by atoms with Crippen LogP contribution < -0.4 is 0 Å². The molecule has 0 aromatic heterocycles. The van der Waals surface area contributed by atoms with Crippen molar-refractivity contribution in [3.63, 3.8) is 0 Å². The molecule has 0 aromatic rings. The molecule has 3 saturated heterocycles. The molecule has 2 N–H and O–H groups in total. The number of esters is 3. The van der Waals surface area contributed by atoms with Gasteiger partial charge in [-0.2, -0.15) is 8.42 Å². The lowest BCUT2D eigenvalue weighted by Gasteiger charge is -2.37. The summed E-state index contributed by atoms with van der Waals surface area (Å²) in [6.07, 6.45) is 55.2. The van der Waals surface area contributed by atoms with Crippen LogP contribution in [0.25, 0.3) is 0 Å². The highest BCUT2D eigenvalue weighted by Crippen LogP contribution is 2.58. The minimum absolute atomic E-state index is 0.0307. The van der Waals surface area contributed by atoms with Crippen LogP contribution in [-0.4, -0.2) is 221 Å². The fourth-order valence-corrected chi connectivity index (χ4v) is 28.0. The number of hydrogen-bond acceptors (Lipinski definition) is 24. The van der Waals surface area contributed by atoms with Crippen molar-refractivity contribution in [2.75, 3.05) is 41.2 Å². The van der Waals surface area contributed by atoms with E-state index in [1.807, 2.05) is 102 Å². The van der Waals surface area contributed by atoms with Crippen molar-refractivity contribution < 1.29 is 113 Å². The molecule has 42 atom stereocenters. The van der Waals surface area contributed by atoms with Crippen LogP contribution in [0.15, 0.2) is 97.2 Å². The van der Waals surface area contributed by atoms with Crippen molar-refractivity contribution in [1.29, 1.82) is 0 Å². The van der Waals surface area contributed by atoms with E-state index in [4.69, 9.17) is 80.0 Å². The molecule has 0 amide bonds. The molecule has 3 aliphatic heterocycles. The number of epoxide rings is 1. The Bertz CT molecular complexity index is 4090. The fourth-order valence-electron chi connectivity index (χ4n) is 26.1. The normalized spacial score (nSPS) is 43.2. The van der Waals surface area contributed by atoms with Gasteiger partial charge in [0.05, 0.1) is 119 Å². The standard InChI is InChI=1S/C17H26O4.C15H26O4.C15H26O2.C11H18O2.C11H18O.C9H14O2.C8H10O3.C8H12O.C7H10O4S.C7H8O/c1-16(2,3)20-14(18)12-10-7-8-11(9-10)13(12)15(19)21-17(4,5)6;1-5-16-10(3)18-14-12-7-8-13(9-12)15(14)19-11(4)17-6-2;1-14(2,3)16-12-10-7-8-11(9-10)13(12)17-15(4,5)6;1-3-12-8(2)13-11-7-9-4-5-10(11)6-9;1-11(2,3)12-10-7-8-4-5-9(10)6-8;1-10-8-6-3-4-7(5-6)9(8)11-2;9-6-3-1-4-5(2-3)8(10)11-7(4)6;1-9-8-5-6-2-3-7(8)4-6;8-6-3-1-4-5(2-3)12(9,10)11-7(4)6;1-2-5-3-4(1)6-7(5)8-6/h7-8,10-13H,9H2,1-6H3;7-8,10-15H,5-6,9H2,1-4H3;7-8,10-13H,9H2,1-6H3;4-5,8-11H,3,6-7H2,1-2H3;4-5,8-10H,6-7H2,1-3H3;3-4,6-9H,5H2,1-2H3;3-7,9H,1-2H2;2-3,6-8H,4-5H2,1H3;3-8H,1-2H2;1-2,4-7H,3H2. The summed E-state index contributed by atoms with van der Waals surface area (Å²) < 4.78 is 118. The zero-order valence-electron chi connectivity index (χ0n) is 84.5. The van der Waals surface area contributed by atoms with Gasteiger partial charge >= 0.3 is 17.9 Å². The Kier molecular flexibility index (Phi) is 33.9. The van der Waals surface area contributed by atoms with E-state index in [9.17, 15) is 33.0 Å². The van der Waals surface area contributed by atoms with Crippen LogP contribution in [0.4, 0.5) is 0 Å². The summed E-state index contributed by atoms with van der Waals surface area (Å²) in [4.78, 5) is 36.0. The zero-order valence-corrected chi connectivity index (χ0v) is 85.3. The first-order valence-electron chi connectivity index (χ1n) is 51.2. The Hall–Kier alpha value is -4.36. The number of aliphatic hydroxyl groups excluding tert-OH is 2. The van der Waals surface area contributed by atoms with Gasteiger partial charge < -0.3 is 86.0 Å². The largest absolute Gasteiger partial charge is 0.460 e. The van der Waals surface area contributed by atoms with E-state index < -0.39 is 45.4 Å². The molecule has 15 fully saturated rings. The Morgan fingerprint density at radius 1 is 0.368 bits per heavy atom. The lowest BCUT2D eigenvalue weighted by molar-refractivity contribution is -0.227. The molecule has 25 heteroatoms. The van der Waals surface area contributed by atoms with Crippen molar-refractivity contribution in [3.8, 4) is 0 Å². The molecule has 12 saturated carbocycles. The molecular formula is C108H168O24S. The van der Waals surface area contributed by atoms with Crippen LogP contribution in [0.1, 0.15) is 242 Å². The Morgan fingerprint density at radius 3 is 1.06 bits per heavy atom. The second-order valence-electron chi connectivity index (χ2n) is 46.9. The number of carbonyl (C=O) groups excluding carboxylic acids is 3. The number of allylic oxidation sites excluding steroid dienone is 5. The molecule has 750 valence electrons. The molecule has 3 heterocycles. The average molecular weight is 1880 g/mol. The van der Waals surface area contributed by atoms with Crippen molar-refractivity contribution in [3.05, 3.63) is 97.2 Å². The van der Waals surface area contributed by atoms with E-state index in [0.29, 0.717) is 122 Å². The smallest absolute Gasteiger partial charge is 0.310 e. The predicted molar refractivity (Wildman–Crippen MR) is 507 cm³/mol. The van der Waals surface area contributed by atoms with Crippen LogP contribution in [0, 0.1) is 136 Å². The lowest BCUT2D eigenvalue weighted by atomic mass is 9.83. The highest BCUT2D eigenvalue weighted by Gasteiger charge is 2.65. The van der Waals surface area contributed by atoms with E-state index in [2.05, 4.69) is 147 Å². The van der Waals surface area contributed by atoms with Crippen molar-refractivity contribution >= 4 is 28.0 Å². The predicted octanol–water partition coefficient (Wildman–Crippen LogP) is 17.7. The van der Waals surface area contributed by atoms with E-state index in [1.165, 1.54) is 57.8 Å². The lowest BCUT2D eigenvalue weighted by Crippen LogP contribution is -2.43. The summed E-state index contributed by atoms with van der Waals surface area (Å²) in [5.41, 5.74) is -1.24. The third kappa shape index (κ3) is 25.6. The summed E-state index contributed by atoms with van der Waals surface area (Å²) in [5.74, 6) is 9.23. The summed E-state index contributed by atoms with van der Waals surface area (Å²) >= 11 is 0. The molecule has 20 aliphatic carbocycles. The van der Waals surface area contributed by atoms with Gasteiger partial charge in [0.2, 0.25) is 0 Å². The van der Waals surface area contributed by atoms with Crippen molar-refractivity contribution in [2.45, 2.75) is 385 Å². The highest BCUT2D eigenvalue weighted by atomic mass is 32.2. The molecule has 133 heavy (non-hydrogen) atoms. The van der Waals surface area contributed by atoms with E-state index in [-0.39, 0.29) is 125 Å². The minimum atomic E-state index is -3.32. The topological polar surface area (TPSA) is 286 Å². The Labute approximate surface area is 796 Å². The monoisotopic (exact) mass is 1880 g/mol. The summed E-state index contributed by atoms with van der Waals surface area (Å²) in [6, 6.07) is 0. The second-order valence-corrected chi connectivity index (χ2v) is 48.7. The van der Waals surface area contributed by atoms with E-state index >= 15 is 0 Å². The quantitative estimate of drug-likeness (QED) is 0.0286. The summed E-state index contributed by atoms with van der Waals surface area (Å²) in [6.45, 7) is 44.1. The summed E-state index contributed by atoms with van der Waals surface area (Å²) in [7, 11) is 2.03. The van der Waals surface area contributed by atoms with Gasteiger partial charge in [0, 0.05) is 118 Å². The maximum Gasteiger partial charge on any atom is 0.310 e. The molecule has 23 aliphatic rings. The number of hydrogen-bond donors (Lipinski definition) is 2. The van der Waals surface area contributed by atoms with Crippen LogP contribution in [0.5, 0.6) is 0 Å². The first kappa shape index (κ1) is 104. The Balaban J connectivity index is 0.000000120. The Morgan fingerprint density at radius 2 is 0.722 bits per heavy atom. The van der Waals surface area contributed by atoms with Crippen LogP contribution >= 0.6 is 0 Å². The maximum absolute atomic E-state index is 12.5. The average Bonchev–Trinajstić information content (AvgIpc) is 1.57. The first-order chi connectivity index (χ1) is 62.7. The highest BCUT2D eigenvalue weighted by molar-refractivity contribution is 7.87. The molecular weight excluding hydrogens is 1710 g/mol. The van der Waals surface area contributed by atoms with Crippen LogP contribution in [0.3, 0.4) is 0 Å². The van der Waals surface area contributed by atoms with Gasteiger partial charge in [-0.05, 0) is 283 Å². The molecule has 0 spiro atoms. The van der Waals surface area contributed by atoms with Gasteiger partial charge in [-0.1, -0.05) is 97.2 Å². The number of rotatable bonds is 20. The van der Waals surface area contributed by atoms with Gasteiger partial charge in [-0.3, -0.25) is 18.6 Å². The number of aliphatic hydroxyl groups is 2. The number of fused-ring (bicyclic) bond motifs is 21. The van der Waals surface area contributed by atoms with Crippen molar-refractivity contribution in [2.24, 2.45) is 136 Å². The molecule has 24 nitrogen and oxygen atoms in total. The third-order valence-corrected chi connectivity index (χ3v) is 33.2. The van der Waals surface area contributed by atoms with E-state index in [1.54, 1.807) is 14.2 Å². The number of ether oxygens (including phenoxy) is 16. The molecule has 0 radical (unpaired) electrons. The minimum Gasteiger partial charge on any atom is -0.460 e. The molecule has 23 rings (SSSR count). The van der Waals surface area contributed by atoms with Gasteiger partial charge in [-0.15, -0.1) is 0 Å². The molecule has 42 unspecified atom stereocenters. The van der Waals surface area contributed by atoms with Gasteiger partial charge in [0.25, 0.3) is 10.1 Å². The summed E-state index contributed by atoms with van der Waals surface area (Å²) in [5, 5.41) is 18.8. The third-order valence-electron chi connectivity index (χ3n) is 31.5. The first-order valence-corrected chi connectivity index (χ1v) is 52.7. The van der Waals surface area contributed by atoms with Crippen LogP contribution in [-0.2, 0) is 104 Å². The maximum atomic E-state index is 12.5. The van der Waals surface area contributed by atoms with E-state index in [0.717, 1.165) is 74.2 Å². The van der Waals surface area contributed by atoms with Gasteiger partial charge in [0.1, 0.15) is 23.4 Å². The van der Waals surface area contributed by atoms with Gasteiger partial charge in [0.15, 0.2) is 18.9 Å². The van der Waals surface area contributed by atoms with Crippen molar-refractivity contribution in [1.82, 2.24) is 0 Å². The van der Waals surface area contributed by atoms with Gasteiger partial charge in [-0.25, -0.2) is 0 Å². The molecule has 0 aromatic carbocycles. The molecule has 20 bridgehead atoms. The fraction of sp³-hybridized carbons (Fsp3) is 0.824. The number of carbonyl (C=O) groups is 3.